The molecule has 0 unspecified atom stereocenters. The van der Waals surface area contributed by atoms with Crippen LogP contribution in [0.2, 0.25) is 0 Å². The van der Waals surface area contributed by atoms with E-state index in [4.69, 9.17) is 11.5 Å². The molecule has 0 heterocycles. The first kappa shape index (κ1) is 27.8. The molecule has 0 aromatic heterocycles. The van der Waals surface area contributed by atoms with Crippen LogP contribution in [-0.4, -0.2) is 35.0 Å². The summed E-state index contributed by atoms with van der Waals surface area (Å²) in [6.07, 6.45) is -4.62. The number of hydrogen-bond acceptors (Lipinski definition) is 10. The molecule has 0 bridgehead atoms. The molecule has 0 atom stereocenters. The van der Waals surface area contributed by atoms with Crippen molar-refractivity contribution in [3.05, 3.63) is 0 Å². The molecule has 23 heavy (non-hydrogen) atoms. The fraction of sp³-hybridized carbons (Fsp3) is 0.636. The molecule has 4 N–H and O–H groups in total. The molecule has 0 saturated carbocycles. The molecule has 0 aliphatic heterocycles. The Morgan fingerprint density at radius 3 is 0.957 bits per heavy atom. The summed E-state index contributed by atoms with van der Waals surface area (Å²) in [4.78, 5) is 42.5. The van der Waals surface area contributed by atoms with Gasteiger partial charge in [-0.15, -0.1) is 0 Å². The second kappa shape index (κ2) is 11.5. The molecular weight excluding hydrogens is 383 g/mol. The summed E-state index contributed by atoms with van der Waals surface area (Å²) >= 11 is 0. The van der Waals surface area contributed by atoms with Crippen molar-refractivity contribution in [2.24, 2.45) is 11.5 Å². The number of carbonyl (C=O) groups excluding carboxylic acids is 4. The Bertz CT molecular complexity index is 387. The number of carboxylic acids is 4. The largest absolute Gasteiger partial charge is 3.00 e. The molecule has 1 radical (unpaired) electrons. The van der Waals surface area contributed by atoms with Crippen molar-refractivity contribution in [3.63, 3.8) is 0 Å². The van der Waals surface area contributed by atoms with E-state index < -0.39 is 67.1 Å². The summed E-state index contributed by atoms with van der Waals surface area (Å²) in [5.41, 5.74) is 7.12. The molecule has 12 heteroatoms. The number of carboxylic acid groups (broad SMARTS) is 4. The van der Waals surface area contributed by atoms with Gasteiger partial charge in [-0.25, -0.2) is 0 Å². The molecule has 0 aliphatic rings. The van der Waals surface area contributed by atoms with Crippen molar-refractivity contribution in [1.29, 1.82) is 0 Å². The van der Waals surface area contributed by atoms with Crippen molar-refractivity contribution >= 4 is 23.9 Å². The molecule has 0 fully saturated rings. The molecule has 0 aromatic rings. The molecule has 0 rings (SSSR count). The summed E-state index contributed by atoms with van der Waals surface area (Å²) in [7, 11) is 0. The van der Waals surface area contributed by atoms with Gasteiger partial charge in [0.05, 0.1) is 0 Å². The summed E-state index contributed by atoms with van der Waals surface area (Å²) < 4.78 is 0. The Morgan fingerprint density at radius 2 is 0.826 bits per heavy atom. The zero-order chi connectivity index (χ0) is 16.8. The second-order valence-electron chi connectivity index (χ2n) is 5.10. The van der Waals surface area contributed by atoms with Gasteiger partial charge < -0.3 is 51.1 Å². The van der Waals surface area contributed by atoms with Gasteiger partial charge >= 0.3 is 68.5 Å². The van der Waals surface area contributed by atoms with Gasteiger partial charge in [0.25, 0.3) is 0 Å². The molecule has 10 nitrogen and oxygen atoms in total. The first-order valence-electron chi connectivity index (χ1n) is 5.75. The average Bonchev–Trinajstić information content (AvgIpc) is 2.07. The van der Waals surface area contributed by atoms with Crippen LogP contribution in [0.5, 0.6) is 0 Å². The molecule has 125 valence electrons. The van der Waals surface area contributed by atoms with E-state index in [0.717, 1.165) is 0 Å². The predicted octanol–water partition coefficient (Wildman–Crippen LogP) is -9.67. The second-order valence-corrected chi connectivity index (χ2v) is 5.10. The van der Waals surface area contributed by atoms with Crippen LogP contribution in [0.3, 0.4) is 0 Å². The van der Waals surface area contributed by atoms with Crippen LogP contribution in [0, 0.1) is 0 Å². The third-order valence-electron chi connectivity index (χ3n) is 2.69. The Kier molecular flexibility index (Phi) is 13.9. The van der Waals surface area contributed by atoms with Crippen LogP contribution in [0.4, 0.5) is 0 Å². The quantitative estimate of drug-likeness (QED) is 0.332. The van der Waals surface area contributed by atoms with Crippen LogP contribution < -0.4 is 83.3 Å². The van der Waals surface area contributed by atoms with Crippen molar-refractivity contribution in [2.75, 3.05) is 0 Å². The molecule has 0 spiro atoms. The van der Waals surface area contributed by atoms with Gasteiger partial charge in [-0.1, -0.05) is 0 Å². The van der Waals surface area contributed by atoms with E-state index in [9.17, 15) is 39.6 Å². The maximum atomic E-state index is 10.6. The zero-order valence-electron chi connectivity index (χ0n) is 12.3. The molecule has 0 aromatic carbocycles. The summed E-state index contributed by atoms with van der Waals surface area (Å²) in [5.74, 6) is -6.82. The van der Waals surface area contributed by atoms with Crippen molar-refractivity contribution < 1.29 is 108 Å². The topological polar surface area (TPSA) is 213 Å². The predicted molar refractivity (Wildman–Crippen MR) is 56.9 cm³/mol. The Balaban J connectivity index is -0.00000200. The average molecular weight is 397 g/mol. The van der Waals surface area contributed by atoms with Gasteiger partial charge in [-0.3, -0.25) is 0 Å². The van der Waals surface area contributed by atoms with Crippen LogP contribution in [-0.2, 0) is 36.2 Å². The molecule has 0 amide bonds. The fourth-order valence-electron chi connectivity index (χ4n) is 2.23. The summed E-state index contributed by atoms with van der Waals surface area (Å²) in [5, 5.41) is 42.5. The van der Waals surface area contributed by atoms with Crippen LogP contribution in [0.15, 0.2) is 0 Å². The van der Waals surface area contributed by atoms with E-state index in [1.54, 1.807) is 0 Å². The van der Waals surface area contributed by atoms with E-state index in [1.165, 1.54) is 0 Å². The third-order valence-corrected chi connectivity index (χ3v) is 2.69. The van der Waals surface area contributed by atoms with Gasteiger partial charge in [-0.05, 0) is 6.42 Å². The smallest absolute Gasteiger partial charge is 0.550 e. The van der Waals surface area contributed by atoms with Gasteiger partial charge in [0.2, 0.25) is 0 Å². The van der Waals surface area contributed by atoms with E-state index in [1.807, 2.05) is 0 Å². The Labute approximate surface area is 184 Å². The normalized spacial score (nSPS) is 10.9. The van der Waals surface area contributed by atoms with Crippen molar-refractivity contribution in [3.8, 4) is 0 Å². The molecular formula is C11H14FeKN2O8. The Hall–Kier alpha value is -0.0442. The standard InChI is InChI=1S/C11H18N2O8.Fe.K/c12-10(1-6(14)15,2-7(16)17)5-11(13,3-8(18)19)4-9(20)21;;/h1-5,12-13H2,(H,14,15)(H,16,17)(H,18,19)(H,20,21);;/q;+3;+1/p-4. The van der Waals surface area contributed by atoms with Gasteiger partial charge in [0.15, 0.2) is 0 Å². The number of carbonyl (C=O) groups is 4. The SMILES string of the molecule is NC(CC(=O)[O-])(CC(=O)[O-])CC(N)(CC(=O)[O-])CC(=O)[O-].[Fe+3].[K+]. The number of nitrogens with two attached hydrogens (primary N) is 2. The van der Waals surface area contributed by atoms with Crippen molar-refractivity contribution in [2.45, 2.75) is 43.2 Å². The fourth-order valence-corrected chi connectivity index (χ4v) is 2.23. The van der Waals surface area contributed by atoms with E-state index in [0.29, 0.717) is 0 Å². The van der Waals surface area contributed by atoms with Gasteiger partial charge in [0, 0.05) is 60.6 Å². The van der Waals surface area contributed by atoms with Crippen LogP contribution in [0.25, 0.3) is 0 Å². The minimum Gasteiger partial charge on any atom is -0.550 e. The maximum Gasteiger partial charge on any atom is 3.00 e. The summed E-state index contributed by atoms with van der Waals surface area (Å²) in [6, 6.07) is 0. The third kappa shape index (κ3) is 13.0. The van der Waals surface area contributed by atoms with Crippen LogP contribution >= 0.6 is 0 Å². The van der Waals surface area contributed by atoms with E-state index in [-0.39, 0.29) is 68.5 Å². The number of rotatable bonds is 10. The van der Waals surface area contributed by atoms with Gasteiger partial charge in [-0.2, -0.15) is 0 Å². The number of hydrogen-bond donors (Lipinski definition) is 2. The maximum absolute atomic E-state index is 10.6. The number of aliphatic carboxylic acids is 4. The van der Waals surface area contributed by atoms with E-state index >= 15 is 0 Å². The summed E-state index contributed by atoms with van der Waals surface area (Å²) in [6.45, 7) is 0. The van der Waals surface area contributed by atoms with Crippen molar-refractivity contribution in [1.82, 2.24) is 0 Å². The first-order valence-corrected chi connectivity index (χ1v) is 5.75. The zero-order valence-corrected chi connectivity index (χ0v) is 16.5. The molecule has 0 saturated heterocycles. The minimum absolute atomic E-state index is 0. The van der Waals surface area contributed by atoms with Gasteiger partial charge in [0.1, 0.15) is 0 Å². The first-order chi connectivity index (χ1) is 9.37. The monoisotopic (exact) mass is 397 g/mol. The Morgan fingerprint density at radius 1 is 0.652 bits per heavy atom. The minimum atomic E-state index is -2.03. The van der Waals surface area contributed by atoms with E-state index in [2.05, 4.69) is 0 Å². The molecule has 0 aliphatic carbocycles. The van der Waals surface area contributed by atoms with Crippen LogP contribution in [0.1, 0.15) is 32.1 Å².